The van der Waals surface area contributed by atoms with Crippen LogP contribution >= 0.6 is 0 Å². The lowest BCUT2D eigenvalue weighted by molar-refractivity contribution is 0.306. The van der Waals surface area contributed by atoms with Crippen LogP contribution in [0, 0.1) is 6.92 Å². The minimum atomic E-state index is 0.475. The fourth-order valence-corrected chi connectivity index (χ4v) is 2.55. The maximum atomic E-state index is 5.80. The summed E-state index contributed by atoms with van der Waals surface area (Å²) in [7, 11) is 0. The van der Waals surface area contributed by atoms with Crippen molar-refractivity contribution in [1.29, 1.82) is 0 Å². The van der Waals surface area contributed by atoms with E-state index in [0.717, 1.165) is 22.8 Å². The average Bonchev–Trinajstić information content (AvgIpc) is 3.13. The van der Waals surface area contributed by atoms with Gasteiger partial charge in [-0.2, -0.15) is 4.98 Å². The highest BCUT2D eigenvalue weighted by atomic mass is 16.5. The summed E-state index contributed by atoms with van der Waals surface area (Å²) in [5, 5.41) is 10.1. The molecule has 0 atom stereocenters. The largest absolute Gasteiger partial charge is 0.489 e. The van der Waals surface area contributed by atoms with Crippen LogP contribution in [-0.2, 0) is 6.61 Å². The monoisotopic (exact) mass is 373 g/mol. The van der Waals surface area contributed by atoms with E-state index in [0.29, 0.717) is 24.2 Å². The van der Waals surface area contributed by atoms with Gasteiger partial charge in [0.05, 0.1) is 0 Å². The summed E-state index contributed by atoms with van der Waals surface area (Å²) in [4.78, 5) is 8.67. The normalized spacial score (nSPS) is 10.5. The van der Waals surface area contributed by atoms with E-state index in [-0.39, 0.29) is 0 Å². The van der Waals surface area contributed by atoms with Crippen LogP contribution in [0.5, 0.6) is 5.75 Å². The molecule has 4 aromatic rings. The predicted octanol–water partition coefficient (Wildman–Crippen LogP) is 4.84. The van der Waals surface area contributed by atoms with Crippen molar-refractivity contribution in [1.82, 2.24) is 15.1 Å². The molecule has 0 bridgehead atoms. The van der Waals surface area contributed by atoms with E-state index >= 15 is 0 Å². The molecular weight excluding hydrogens is 354 g/mol. The van der Waals surface area contributed by atoms with Gasteiger partial charge in [0.25, 0.3) is 0 Å². The molecule has 0 aliphatic rings. The molecule has 0 amide bonds. The van der Waals surface area contributed by atoms with Gasteiger partial charge in [0.15, 0.2) is 5.82 Å². The second-order valence-corrected chi connectivity index (χ2v) is 6.14. The Morgan fingerprint density at radius 1 is 0.929 bits per heavy atom. The highest BCUT2D eigenvalue weighted by Crippen LogP contribution is 2.20. The molecule has 2 heterocycles. The molecule has 2 N–H and O–H groups in total. The fraction of sp³-hybridized carbons (Fsp3) is 0.0952. The number of ether oxygens (including phenoxy) is 1. The van der Waals surface area contributed by atoms with Crippen molar-refractivity contribution >= 4 is 23.3 Å². The lowest BCUT2D eigenvalue weighted by Crippen LogP contribution is -2.00. The van der Waals surface area contributed by atoms with E-state index < -0.39 is 0 Å². The summed E-state index contributed by atoms with van der Waals surface area (Å²) in [6.45, 7) is 2.37. The van der Waals surface area contributed by atoms with Crippen molar-refractivity contribution < 1.29 is 9.26 Å². The van der Waals surface area contributed by atoms with Gasteiger partial charge in [0, 0.05) is 18.0 Å². The number of anilines is 4. The summed E-state index contributed by atoms with van der Waals surface area (Å²) < 4.78 is 10.8. The quantitative estimate of drug-likeness (QED) is 0.479. The van der Waals surface area contributed by atoms with E-state index in [1.54, 1.807) is 18.3 Å². The van der Waals surface area contributed by atoms with Crippen molar-refractivity contribution in [3.63, 3.8) is 0 Å². The molecular formula is C21H19N5O2. The minimum absolute atomic E-state index is 0.475. The second kappa shape index (κ2) is 8.22. The Labute approximate surface area is 162 Å². The van der Waals surface area contributed by atoms with Gasteiger partial charge in [-0.1, -0.05) is 35.5 Å². The summed E-state index contributed by atoms with van der Waals surface area (Å²) in [5.41, 5.74) is 1.99. The number of benzene rings is 2. The first-order valence-electron chi connectivity index (χ1n) is 8.82. The highest BCUT2D eigenvalue weighted by molar-refractivity contribution is 5.58. The molecule has 140 valence electrons. The smallest absolute Gasteiger partial charge is 0.229 e. The van der Waals surface area contributed by atoms with E-state index in [4.69, 9.17) is 9.26 Å². The molecule has 0 radical (unpaired) electrons. The number of nitrogens with one attached hydrogen (secondary N) is 2. The summed E-state index contributed by atoms with van der Waals surface area (Å²) >= 11 is 0. The van der Waals surface area contributed by atoms with Gasteiger partial charge in [0.1, 0.15) is 23.9 Å². The van der Waals surface area contributed by atoms with Crippen molar-refractivity contribution in [2.45, 2.75) is 13.5 Å². The number of hydrogen-bond acceptors (Lipinski definition) is 7. The third-order valence-corrected chi connectivity index (χ3v) is 3.90. The van der Waals surface area contributed by atoms with Crippen molar-refractivity contribution in [2.75, 3.05) is 10.6 Å². The third-order valence-electron chi connectivity index (χ3n) is 3.90. The Kier molecular flexibility index (Phi) is 5.15. The van der Waals surface area contributed by atoms with Crippen LogP contribution in [0.25, 0.3) is 0 Å². The summed E-state index contributed by atoms with van der Waals surface area (Å²) in [6.07, 6.45) is 1.67. The summed E-state index contributed by atoms with van der Waals surface area (Å²) in [6, 6.07) is 21.3. The van der Waals surface area contributed by atoms with E-state index in [9.17, 15) is 0 Å². The van der Waals surface area contributed by atoms with Crippen LogP contribution in [0.1, 0.15) is 11.3 Å². The number of nitrogens with zero attached hydrogens (tertiary/aromatic N) is 3. The Balaban J connectivity index is 1.37. The molecule has 7 heteroatoms. The molecule has 0 unspecified atom stereocenters. The van der Waals surface area contributed by atoms with Crippen LogP contribution in [0.3, 0.4) is 0 Å². The van der Waals surface area contributed by atoms with Gasteiger partial charge in [-0.25, -0.2) is 4.98 Å². The third kappa shape index (κ3) is 4.64. The molecule has 0 saturated heterocycles. The van der Waals surface area contributed by atoms with Gasteiger partial charge in [-0.15, -0.1) is 0 Å². The SMILES string of the molecule is Cc1cc(Nc2ccnc(Nc3ccc(OCc4ccccc4)cc3)n2)no1. The standard InChI is InChI=1S/C21H19N5O2/c1-15-13-20(26-28-15)24-19-11-12-22-21(25-19)23-17-7-9-18(10-8-17)27-14-16-5-3-2-4-6-16/h2-13H,14H2,1H3,(H2,22,23,24,25,26). The van der Waals surface area contributed by atoms with E-state index in [1.165, 1.54) is 0 Å². The summed E-state index contributed by atoms with van der Waals surface area (Å²) in [5.74, 6) is 3.22. The Hall–Kier alpha value is -3.87. The Morgan fingerprint density at radius 3 is 2.50 bits per heavy atom. The number of hydrogen-bond donors (Lipinski definition) is 2. The van der Waals surface area contributed by atoms with Gasteiger partial charge in [-0.3, -0.25) is 0 Å². The topological polar surface area (TPSA) is 85.1 Å². The minimum Gasteiger partial charge on any atom is -0.489 e. The zero-order chi connectivity index (χ0) is 19.2. The molecule has 0 aliphatic heterocycles. The van der Waals surface area contributed by atoms with Gasteiger partial charge >= 0.3 is 0 Å². The molecule has 0 spiro atoms. The molecule has 0 fully saturated rings. The molecule has 0 saturated carbocycles. The highest BCUT2D eigenvalue weighted by Gasteiger charge is 2.04. The van der Waals surface area contributed by atoms with Crippen molar-refractivity contribution in [2.24, 2.45) is 0 Å². The average molecular weight is 373 g/mol. The maximum Gasteiger partial charge on any atom is 0.229 e. The van der Waals surface area contributed by atoms with Crippen LogP contribution in [0.15, 0.2) is 77.4 Å². The van der Waals surface area contributed by atoms with Crippen LogP contribution in [0.4, 0.5) is 23.3 Å². The van der Waals surface area contributed by atoms with E-state index in [1.807, 2.05) is 61.5 Å². The fourth-order valence-electron chi connectivity index (χ4n) is 2.55. The van der Waals surface area contributed by atoms with Gasteiger partial charge in [-0.05, 0) is 42.8 Å². The van der Waals surface area contributed by atoms with Crippen LogP contribution in [0.2, 0.25) is 0 Å². The molecule has 2 aromatic heterocycles. The lowest BCUT2D eigenvalue weighted by Gasteiger charge is -2.09. The zero-order valence-corrected chi connectivity index (χ0v) is 15.3. The second-order valence-electron chi connectivity index (χ2n) is 6.14. The van der Waals surface area contributed by atoms with Crippen LogP contribution < -0.4 is 15.4 Å². The zero-order valence-electron chi connectivity index (χ0n) is 15.3. The predicted molar refractivity (Wildman–Crippen MR) is 107 cm³/mol. The first-order valence-corrected chi connectivity index (χ1v) is 8.82. The number of aryl methyl sites for hydroxylation is 1. The Morgan fingerprint density at radius 2 is 1.75 bits per heavy atom. The van der Waals surface area contributed by atoms with Crippen molar-refractivity contribution in [3.8, 4) is 5.75 Å². The number of rotatable bonds is 7. The molecule has 7 nitrogen and oxygen atoms in total. The molecule has 28 heavy (non-hydrogen) atoms. The molecule has 2 aromatic carbocycles. The first kappa shape index (κ1) is 17.5. The molecule has 4 rings (SSSR count). The first-order chi connectivity index (χ1) is 13.7. The molecule has 0 aliphatic carbocycles. The maximum absolute atomic E-state index is 5.80. The van der Waals surface area contributed by atoms with E-state index in [2.05, 4.69) is 25.8 Å². The lowest BCUT2D eigenvalue weighted by atomic mass is 10.2. The Bertz CT molecular complexity index is 1030. The van der Waals surface area contributed by atoms with Gasteiger partial charge in [0.2, 0.25) is 5.95 Å². The number of aromatic nitrogens is 3. The van der Waals surface area contributed by atoms with Crippen molar-refractivity contribution in [3.05, 3.63) is 84.3 Å². The van der Waals surface area contributed by atoms with Gasteiger partial charge < -0.3 is 19.9 Å². The van der Waals surface area contributed by atoms with Crippen LogP contribution in [-0.4, -0.2) is 15.1 Å².